The van der Waals surface area contributed by atoms with Gasteiger partial charge in [0.15, 0.2) is 0 Å². The van der Waals surface area contributed by atoms with Crippen LogP contribution in [0, 0.1) is 11.8 Å². The van der Waals surface area contributed by atoms with Crippen molar-refractivity contribution in [3.05, 3.63) is 35.9 Å². The number of benzene rings is 1. The summed E-state index contributed by atoms with van der Waals surface area (Å²) in [5.74, 6) is 1.77. The van der Waals surface area contributed by atoms with Crippen molar-refractivity contribution in [3.8, 4) is 0 Å². The molecule has 94 valence electrons. The van der Waals surface area contributed by atoms with Crippen LogP contribution in [0.1, 0.15) is 51.6 Å². The minimum absolute atomic E-state index is 0.474. The first-order valence-electron chi connectivity index (χ1n) is 6.98. The molecule has 1 aromatic carbocycles. The molecule has 0 aliphatic heterocycles. The molecule has 0 spiro atoms. The molecule has 0 amide bonds. The topological polar surface area (TPSA) is 12.0 Å². The number of rotatable bonds is 3. The molecule has 1 heteroatoms. The fourth-order valence-corrected chi connectivity index (χ4v) is 2.89. The Bertz CT molecular complexity index is 333. The van der Waals surface area contributed by atoms with E-state index in [1.807, 2.05) is 0 Å². The van der Waals surface area contributed by atoms with Gasteiger partial charge in [-0.15, -0.1) is 0 Å². The van der Waals surface area contributed by atoms with Crippen LogP contribution < -0.4 is 5.32 Å². The summed E-state index contributed by atoms with van der Waals surface area (Å²) in [6.07, 6.45) is 4.04. The van der Waals surface area contributed by atoms with Gasteiger partial charge < -0.3 is 5.32 Å². The third-order valence-electron chi connectivity index (χ3n) is 4.38. The van der Waals surface area contributed by atoms with E-state index in [4.69, 9.17) is 0 Å². The Balaban J connectivity index is 1.89. The second kappa shape index (κ2) is 5.68. The summed E-state index contributed by atoms with van der Waals surface area (Å²) in [7, 11) is 0. The van der Waals surface area contributed by atoms with E-state index in [1.54, 1.807) is 0 Å². The number of hydrogen-bond donors (Lipinski definition) is 1. The summed E-state index contributed by atoms with van der Waals surface area (Å²) in [4.78, 5) is 0. The summed E-state index contributed by atoms with van der Waals surface area (Å²) < 4.78 is 0. The molecule has 1 fully saturated rings. The van der Waals surface area contributed by atoms with Crippen molar-refractivity contribution in [2.75, 3.05) is 0 Å². The van der Waals surface area contributed by atoms with E-state index < -0.39 is 0 Å². The molecule has 0 saturated heterocycles. The second-order valence-corrected chi connectivity index (χ2v) is 5.76. The van der Waals surface area contributed by atoms with Crippen LogP contribution in [0.15, 0.2) is 30.3 Å². The van der Waals surface area contributed by atoms with Crippen molar-refractivity contribution >= 4 is 0 Å². The van der Waals surface area contributed by atoms with Crippen LogP contribution in [-0.2, 0) is 0 Å². The maximum absolute atomic E-state index is 3.79. The van der Waals surface area contributed by atoms with Crippen LogP contribution in [0.3, 0.4) is 0 Å². The largest absolute Gasteiger partial charge is 0.307 e. The zero-order chi connectivity index (χ0) is 12.3. The van der Waals surface area contributed by atoms with Gasteiger partial charge in [-0.25, -0.2) is 0 Å². The molecular weight excluding hydrogens is 206 g/mol. The van der Waals surface area contributed by atoms with E-state index >= 15 is 0 Å². The highest BCUT2D eigenvalue weighted by Gasteiger charge is 2.25. The minimum atomic E-state index is 0.474. The molecule has 1 aliphatic carbocycles. The molecule has 4 unspecified atom stereocenters. The lowest BCUT2D eigenvalue weighted by Crippen LogP contribution is -2.37. The Morgan fingerprint density at radius 3 is 2.41 bits per heavy atom. The smallest absolute Gasteiger partial charge is 0.0294 e. The van der Waals surface area contributed by atoms with Gasteiger partial charge in [-0.05, 0) is 43.6 Å². The Morgan fingerprint density at radius 2 is 1.76 bits per heavy atom. The Hall–Kier alpha value is -0.820. The molecule has 1 nitrogen and oxygen atoms in total. The predicted octanol–water partition coefficient (Wildman–Crippen LogP) is 4.16. The highest BCUT2D eigenvalue weighted by molar-refractivity contribution is 5.18. The van der Waals surface area contributed by atoms with Gasteiger partial charge in [0.05, 0.1) is 0 Å². The Labute approximate surface area is 106 Å². The maximum Gasteiger partial charge on any atom is 0.0294 e. The lowest BCUT2D eigenvalue weighted by atomic mass is 9.79. The van der Waals surface area contributed by atoms with E-state index in [0.717, 1.165) is 11.8 Å². The molecule has 1 saturated carbocycles. The first-order chi connectivity index (χ1) is 8.16. The quantitative estimate of drug-likeness (QED) is 0.823. The van der Waals surface area contributed by atoms with Crippen molar-refractivity contribution in [2.24, 2.45) is 11.8 Å². The van der Waals surface area contributed by atoms with Crippen molar-refractivity contribution in [3.63, 3.8) is 0 Å². The number of nitrogens with one attached hydrogen (secondary N) is 1. The fraction of sp³-hybridized carbons (Fsp3) is 0.625. The monoisotopic (exact) mass is 231 g/mol. The molecule has 0 bridgehead atoms. The van der Waals surface area contributed by atoms with Crippen molar-refractivity contribution in [2.45, 2.75) is 52.1 Å². The Kier molecular flexibility index (Phi) is 4.22. The van der Waals surface area contributed by atoms with E-state index in [1.165, 1.54) is 24.8 Å². The lowest BCUT2D eigenvalue weighted by molar-refractivity contribution is 0.217. The third kappa shape index (κ3) is 3.32. The van der Waals surface area contributed by atoms with Crippen LogP contribution in [0.2, 0.25) is 0 Å². The van der Waals surface area contributed by atoms with Crippen LogP contribution in [0.25, 0.3) is 0 Å². The molecule has 1 aromatic rings. The summed E-state index contributed by atoms with van der Waals surface area (Å²) in [5, 5.41) is 3.79. The first kappa shape index (κ1) is 12.6. The van der Waals surface area contributed by atoms with E-state index in [2.05, 4.69) is 56.4 Å². The fourth-order valence-electron chi connectivity index (χ4n) is 2.89. The van der Waals surface area contributed by atoms with Crippen molar-refractivity contribution in [1.82, 2.24) is 5.32 Å². The molecule has 2 rings (SSSR count). The molecular formula is C16H25N. The van der Waals surface area contributed by atoms with Gasteiger partial charge in [0.25, 0.3) is 0 Å². The van der Waals surface area contributed by atoms with Crippen LogP contribution in [0.5, 0.6) is 0 Å². The van der Waals surface area contributed by atoms with Gasteiger partial charge in [0.2, 0.25) is 0 Å². The van der Waals surface area contributed by atoms with Gasteiger partial charge in [-0.1, -0.05) is 44.2 Å². The van der Waals surface area contributed by atoms with Gasteiger partial charge in [-0.3, -0.25) is 0 Å². The van der Waals surface area contributed by atoms with E-state index in [9.17, 15) is 0 Å². The normalized spacial score (nSPS) is 31.1. The first-order valence-corrected chi connectivity index (χ1v) is 6.98. The molecule has 0 aromatic heterocycles. The third-order valence-corrected chi connectivity index (χ3v) is 4.38. The standard InChI is InChI=1S/C16H25N/c1-12-9-10-16(11-13(12)2)17-14(3)15-7-5-4-6-8-15/h4-8,12-14,16-17H,9-11H2,1-3H3. The predicted molar refractivity (Wildman–Crippen MR) is 74.0 cm³/mol. The lowest BCUT2D eigenvalue weighted by Gasteiger charge is -2.34. The van der Waals surface area contributed by atoms with Gasteiger partial charge >= 0.3 is 0 Å². The van der Waals surface area contributed by atoms with E-state index in [0.29, 0.717) is 12.1 Å². The zero-order valence-corrected chi connectivity index (χ0v) is 11.3. The van der Waals surface area contributed by atoms with Crippen LogP contribution in [-0.4, -0.2) is 6.04 Å². The highest BCUT2D eigenvalue weighted by Crippen LogP contribution is 2.30. The van der Waals surface area contributed by atoms with Crippen LogP contribution in [0.4, 0.5) is 0 Å². The molecule has 1 aliphatic rings. The average Bonchev–Trinajstić information content (AvgIpc) is 2.35. The van der Waals surface area contributed by atoms with Crippen LogP contribution >= 0.6 is 0 Å². The van der Waals surface area contributed by atoms with Gasteiger partial charge in [0, 0.05) is 12.1 Å². The average molecular weight is 231 g/mol. The zero-order valence-electron chi connectivity index (χ0n) is 11.3. The second-order valence-electron chi connectivity index (χ2n) is 5.76. The minimum Gasteiger partial charge on any atom is -0.307 e. The highest BCUT2D eigenvalue weighted by atomic mass is 14.9. The van der Waals surface area contributed by atoms with Crippen molar-refractivity contribution < 1.29 is 0 Å². The summed E-state index contributed by atoms with van der Waals surface area (Å²) in [6, 6.07) is 11.9. The summed E-state index contributed by atoms with van der Waals surface area (Å²) in [5.41, 5.74) is 1.40. The van der Waals surface area contributed by atoms with E-state index in [-0.39, 0.29) is 0 Å². The molecule has 4 atom stereocenters. The van der Waals surface area contributed by atoms with Gasteiger partial charge in [-0.2, -0.15) is 0 Å². The van der Waals surface area contributed by atoms with Gasteiger partial charge in [0.1, 0.15) is 0 Å². The van der Waals surface area contributed by atoms with Crippen molar-refractivity contribution in [1.29, 1.82) is 0 Å². The number of hydrogen-bond acceptors (Lipinski definition) is 1. The molecule has 1 N–H and O–H groups in total. The molecule has 0 heterocycles. The Morgan fingerprint density at radius 1 is 1.06 bits per heavy atom. The summed E-state index contributed by atoms with van der Waals surface area (Å²) >= 11 is 0. The maximum atomic E-state index is 3.79. The molecule has 17 heavy (non-hydrogen) atoms. The summed E-state index contributed by atoms with van der Waals surface area (Å²) in [6.45, 7) is 7.06. The SMILES string of the molecule is CC(NC1CCC(C)C(C)C1)c1ccccc1. The molecule has 0 radical (unpaired) electrons.